The zero-order valence-electron chi connectivity index (χ0n) is 21.5. The summed E-state index contributed by atoms with van der Waals surface area (Å²) in [5, 5.41) is 9.51. The van der Waals surface area contributed by atoms with Crippen LogP contribution >= 0.6 is 7.82 Å². The van der Waals surface area contributed by atoms with Gasteiger partial charge in [0.25, 0.3) is 0 Å². The molecule has 0 spiro atoms. The molecule has 2 aromatic rings. The van der Waals surface area contributed by atoms with Crippen LogP contribution in [0.25, 0.3) is 0 Å². The molecule has 7 nitrogen and oxygen atoms in total. The van der Waals surface area contributed by atoms with E-state index in [0.29, 0.717) is 6.61 Å². The largest absolute Gasteiger partial charge is 0.469 e. The van der Waals surface area contributed by atoms with E-state index >= 15 is 0 Å². The molecule has 1 atom stereocenters. The van der Waals surface area contributed by atoms with Gasteiger partial charge in [0.05, 0.1) is 13.2 Å². The van der Waals surface area contributed by atoms with Gasteiger partial charge < -0.3 is 19.6 Å². The fourth-order valence-electron chi connectivity index (χ4n) is 3.86. The molecule has 204 valence electrons. The number of hydrogen-bond donors (Lipinski definition) is 3. The van der Waals surface area contributed by atoms with Crippen molar-refractivity contribution in [3.8, 4) is 0 Å². The number of carbonyl (C=O) groups is 1. The van der Waals surface area contributed by atoms with Gasteiger partial charge in [0, 0.05) is 17.7 Å². The van der Waals surface area contributed by atoms with E-state index in [1.165, 1.54) is 24.8 Å². The summed E-state index contributed by atoms with van der Waals surface area (Å²) in [6.07, 6.45) is 14.5. The summed E-state index contributed by atoms with van der Waals surface area (Å²) in [4.78, 5) is 29.6. The summed E-state index contributed by atoms with van der Waals surface area (Å²) in [5.74, 6) is 0.0617. The van der Waals surface area contributed by atoms with Gasteiger partial charge in [0.2, 0.25) is 0 Å². The molecule has 0 aliphatic rings. The van der Waals surface area contributed by atoms with Gasteiger partial charge in [0.15, 0.2) is 5.78 Å². The second kappa shape index (κ2) is 18.2. The van der Waals surface area contributed by atoms with Gasteiger partial charge in [-0.15, -0.1) is 0 Å². The monoisotopic (exact) mass is 533 g/mol. The molecule has 2 rings (SSSR count). The van der Waals surface area contributed by atoms with Crippen LogP contribution in [0.3, 0.4) is 0 Å². The van der Waals surface area contributed by atoms with Gasteiger partial charge in [-0.2, -0.15) is 0 Å². The van der Waals surface area contributed by atoms with E-state index in [-0.39, 0.29) is 12.4 Å². The third-order valence-corrected chi connectivity index (χ3v) is 6.40. The minimum Gasteiger partial charge on any atom is -0.388 e. The van der Waals surface area contributed by atoms with E-state index in [9.17, 15) is 14.5 Å². The molecular weight excluding hydrogens is 492 g/mol. The fraction of sp³-hybridized carbons (Fsp3) is 0.483. The van der Waals surface area contributed by atoms with Gasteiger partial charge in [0.1, 0.15) is 6.10 Å². The average molecular weight is 534 g/mol. The molecule has 2 aromatic carbocycles. The SMILES string of the molecule is O=C(c1ccccc1)c1ccc(CCC/C=C\CCCCCCCCOC[C@@H](O)CO[32P](=O)(O)O)cc1. The number of phosphoric acid groups is 1. The molecule has 37 heavy (non-hydrogen) atoms. The Morgan fingerprint density at radius 1 is 0.784 bits per heavy atom. The lowest BCUT2D eigenvalue weighted by Crippen LogP contribution is -2.21. The van der Waals surface area contributed by atoms with Gasteiger partial charge >= 0.3 is 7.82 Å². The van der Waals surface area contributed by atoms with Gasteiger partial charge in [-0.05, 0) is 44.1 Å². The average Bonchev–Trinajstić information content (AvgIpc) is 2.89. The third kappa shape index (κ3) is 15.0. The van der Waals surface area contributed by atoms with Crippen molar-refractivity contribution in [2.24, 2.45) is 0 Å². The van der Waals surface area contributed by atoms with E-state index in [0.717, 1.165) is 56.1 Å². The van der Waals surface area contributed by atoms with Crippen molar-refractivity contribution in [2.75, 3.05) is 19.8 Å². The first-order valence-electron chi connectivity index (χ1n) is 13.1. The maximum absolute atomic E-state index is 12.5. The molecule has 0 heterocycles. The van der Waals surface area contributed by atoms with Crippen molar-refractivity contribution in [1.82, 2.24) is 0 Å². The fourth-order valence-corrected chi connectivity index (χ4v) is 4.23. The van der Waals surface area contributed by atoms with Gasteiger partial charge in [-0.25, -0.2) is 4.57 Å². The Morgan fingerprint density at radius 2 is 1.38 bits per heavy atom. The summed E-state index contributed by atoms with van der Waals surface area (Å²) in [6, 6.07) is 17.3. The van der Waals surface area contributed by atoms with E-state index in [1.807, 2.05) is 42.5 Å². The molecule has 0 amide bonds. The van der Waals surface area contributed by atoms with Gasteiger partial charge in [-0.1, -0.05) is 92.4 Å². The number of allylic oxidation sites excluding steroid dienone is 2. The molecule has 0 saturated heterocycles. The standard InChI is InChI=1S/C29H41O7P/c30-28(24-36-37(32,33)34)23-35-22-14-9-7-5-3-1-2-4-6-8-11-15-25-18-20-27(21-19-25)29(31)26-16-12-10-13-17-26/h4,6,10,12-13,16-21,28,30H,1-3,5,7-9,11,14-15,22-24H2,(H2,32,33,34)/b6-4-/t28-/m1/s1/i37+1. The summed E-state index contributed by atoms with van der Waals surface area (Å²) >= 11 is 0. The van der Waals surface area contributed by atoms with Gasteiger partial charge in [-0.3, -0.25) is 9.32 Å². The zero-order chi connectivity index (χ0) is 26.8. The van der Waals surface area contributed by atoms with Crippen LogP contribution in [0, 0.1) is 0 Å². The van der Waals surface area contributed by atoms with Crippen molar-refractivity contribution in [2.45, 2.75) is 70.3 Å². The van der Waals surface area contributed by atoms with Crippen LogP contribution in [-0.2, 0) is 20.2 Å². The Labute approximate surface area is 220 Å². The number of aliphatic hydroxyl groups is 1. The Kier molecular flexibility index (Phi) is 15.3. The first-order valence-corrected chi connectivity index (χ1v) is 14.7. The maximum atomic E-state index is 12.5. The number of ketones is 1. The highest BCUT2D eigenvalue weighted by atomic mass is 32.2. The minimum atomic E-state index is -4.54. The Morgan fingerprint density at radius 3 is 2.05 bits per heavy atom. The highest BCUT2D eigenvalue weighted by molar-refractivity contribution is 7.46. The van der Waals surface area contributed by atoms with E-state index < -0.39 is 20.5 Å². The quantitative estimate of drug-likeness (QED) is 0.0826. The van der Waals surface area contributed by atoms with E-state index in [2.05, 4.69) is 28.8 Å². The van der Waals surface area contributed by atoms with Crippen molar-refractivity contribution in [3.63, 3.8) is 0 Å². The normalized spacial score (nSPS) is 12.7. The molecule has 0 aromatic heterocycles. The van der Waals surface area contributed by atoms with Crippen molar-refractivity contribution < 1.29 is 33.5 Å². The Balaban J connectivity index is 1.40. The zero-order valence-corrected chi connectivity index (χ0v) is 22.4. The van der Waals surface area contributed by atoms with Crippen molar-refractivity contribution in [3.05, 3.63) is 83.4 Å². The van der Waals surface area contributed by atoms with Crippen molar-refractivity contribution >= 4 is 13.6 Å². The van der Waals surface area contributed by atoms with Crippen LogP contribution in [0.2, 0.25) is 0 Å². The third-order valence-electron chi connectivity index (χ3n) is 5.91. The first kappa shape index (κ1) is 31.1. The Bertz CT molecular complexity index is 954. The van der Waals surface area contributed by atoms with Crippen LogP contribution in [0.1, 0.15) is 79.3 Å². The van der Waals surface area contributed by atoms with E-state index in [4.69, 9.17) is 14.5 Å². The number of ether oxygens (including phenoxy) is 1. The maximum Gasteiger partial charge on any atom is 0.469 e. The molecule has 0 unspecified atom stereocenters. The van der Waals surface area contributed by atoms with Crippen molar-refractivity contribution in [1.29, 1.82) is 0 Å². The predicted octanol–water partition coefficient (Wildman–Crippen LogP) is 6.01. The molecule has 3 N–H and O–H groups in total. The van der Waals surface area contributed by atoms with Crippen LogP contribution in [0.4, 0.5) is 0 Å². The smallest absolute Gasteiger partial charge is 0.388 e. The molecule has 0 fully saturated rings. The molecule has 0 aliphatic carbocycles. The number of aryl methyl sites for hydroxylation is 1. The summed E-state index contributed by atoms with van der Waals surface area (Å²) < 4.78 is 20.1. The number of carbonyl (C=O) groups excluding carboxylic acids is 1. The predicted molar refractivity (Wildman–Crippen MR) is 146 cm³/mol. The minimum absolute atomic E-state index is 0.00831. The number of unbranched alkanes of at least 4 members (excludes halogenated alkanes) is 7. The molecular formula is C29H41O7P. The Hall–Kier alpha value is -2.12. The lowest BCUT2D eigenvalue weighted by Gasteiger charge is -2.12. The topological polar surface area (TPSA) is 113 Å². The summed E-state index contributed by atoms with van der Waals surface area (Å²) in [5.41, 5.74) is 2.70. The van der Waals surface area contributed by atoms with Crippen LogP contribution in [-0.4, -0.2) is 46.6 Å². The molecule has 0 radical (unpaired) electrons. The molecule has 0 bridgehead atoms. The summed E-state index contributed by atoms with van der Waals surface area (Å²) in [7, 11) is -4.54. The molecule has 8 heteroatoms. The summed E-state index contributed by atoms with van der Waals surface area (Å²) in [6.45, 7) is 0.0886. The first-order chi connectivity index (χ1) is 17.8. The molecule has 0 saturated carbocycles. The van der Waals surface area contributed by atoms with E-state index in [1.54, 1.807) is 0 Å². The number of benzene rings is 2. The highest BCUT2D eigenvalue weighted by Crippen LogP contribution is 2.35. The molecule has 0 aliphatic heterocycles. The van der Waals surface area contributed by atoms with Crippen LogP contribution < -0.4 is 0 Å². The number of aliphatic hydroxyl groups excluding tert-OH is 1. The second-order valence-corrected chi connectivity index (χ2v) is 10.4. The van der Waals surface area contributed by atoms with Crippen LogP contribution in [0.5, 0.6) is 0 Å². The van der Waals surface area contributed by atoms with Crippen LogP contribution in [0.15, 0.2) is 66.7 Å². The lowest BCUT2D eigenvalue weighted by molar-refractivity contribution is 0.00476. The lowest BCUT2D eigenvalue weighted by atomic mass is 10.0. The number of phosphoric ester groups is 1. The number of hydrogen-bond acceptors (Lipinski definition) is 5. The number of rotatable bonds is 20. The second-order valence-electron chi connectivity index (χ2n) is 9.18. The highest BCUT2D eigenvalue weighted by Gasteiger charge is 2.16.